The fourth-order valence-electron chi connectivity index (χ4n) is 2.56. The first-order valence-electron chi connectivity index (χ1n) is 6.62. The number of aromatic nitrogens is 1. The summed E-state index contributed by atoms with van der Waals surface area (Å²) in [5, 5.41) is 9.71. The van der Waals surface area contributed by atoms with E-state index in [2.05, 4.69) is 10.4 Å². The van der Waals surface area contributed by atoms with E-state index in [0.29, 0.717) is 13.0 Å². The lowest BCUT2D eigenvalue weighted by Gasteiger charge is -2.26. The minimum atomic E-state index is -3.82. The van der Waals surface area contributed by atoms with Crippen LogP contribution in [0.3, 0.4) is 0 Å². The van der Waals surface area contributed by atoms with Gasteiger partial charge in [0, 0.05) is 25.3 Å². The molecule has 0 radical (unpaired) electrons. The van der Waals surface area contributed by atoms with Gasteiger partial charge in [0.05, 0.1) is 11.8 Å². The van der Waals surface area contributed by atoms with Crippen LogP contribution >= 0.6 is 0 Å². The van der Waals surface area contributed by atoms with Gasteiger partial charge in [-0.3, -0.25) is 5.84 Å². The lowest BCUT2D eigenvalue weighted by molar-refractivity contribution is 0.188. The van der Waals surface area contributed by atoms with Crippen molar-refractivity contribution in [2.75, 3.05) is 32.6 Å². The lowest BCUT2D eigenvalue weighted by atomic mass is 10.2. The van der Waals surface area contributed by atoms with Gasteiger partial charge in [-0.15, -0.1) is 0 Å². The Balaban J connectivity index is 2.37. The molecule has 118 valence electrons. The number of hydrogen-bond acceptors (Lipinski definition) is 7. The number of β-amino-alcohol motifs (C(OH)–C–C–N with tert-alkyl or cyclic N) is 1. The molecule has 2 atom stereocenters. The first-order valence-corrected chi connectivity index (χ1v) is 8.06. The molecule has 0 aliphatic carbocycles. The van der Waals surface area contributed by atoms with E-state index in [1.54, 1.807) is 12.1 Å². The van der Waals surface area contributed by atoms with Crippen molar-refractivity contribution in [1.82, 2.24) is 14.2 Å². The molecule has 1 aromatic rings. The van der Waals surface area contributed by atoms with Crippen LogP contribution in [0.1, 0.15) is 6.42 Å². The Morgan fingerprint density at radius 1 is 1.57 bits per heavy atom. The molecule has 9 heteroatoms. The number of rotatable bonds is 5. The Bertz CT molecular complexity index is 592. The number of nitrogens with two attached hydrogens (primary N) is 1. The number of hydrogen-bond donors (Lipinski definition) is 3. The predicted octanol–water partition coefficient (Wildman–Crippen LogP) is -0.947. The van der Waals surface area contributed by atoms with Crippen molar-refractivity contribution in [3.05, 3.63) is 18.3 Å². The van der Waals surface area contributed by atoms with Crippen molar-refractivity contribution in [2.24, 2.45) is 5.84 Å². The van der Waals surface area contributed by atoms with E-state index in [-0.39, 0.29) is 23.3 Å². The highest BCUT2D eigenvalue weighted by molar-refractivity contribution is 7.89. The van der Waals surface area contributed by atoms with E-state index in [1.807, 2.05) is 19.0 Å². The van der Waals surface area contributed by atoms with Crippen LogP contribution in [0.2, 0.25) is 0 Å². The molecule has 2 unspecified atom stereocenters. The summed E-state index contributed by atoms with van der Waals surface area (Å²) in [5.41, 5.74) is 2.59. The summed E-state index contributed by atoms with van der Waals surface area (Å²) in [5.74, 6) is 5.36. The molecule has 0 saturated carbocycles. The second-order valence-corrected chi connectivity index (χ2v) is 7.19. The highest BCUT2D eigenvalue weighted by Crippen LogP contribution is 2.28. The van der Waals surface area contributed by atoms with E-state index in [9.17, 15) is 13.5 Å². The minimum absolute atomic E-state index is 0.0709. The summed E-state index contributed by atoms with van der Waals surface area (Å²) < 4.78 is 26.9. The van der Waals surface area contributed by atoms with Crippen LogP contribution in [-0.4, -0.2) is 67.0 Å². The first kappa shape index (κ1) is 16.1. The van der Waals surface area contributed by atoms with Gasteiger partial charge in [-0.25, -0.2) is 13.4 Å². The Morgan fingerprint density at radius 2 is 2.29 bits per heavy atom. The van der Waals surface area contributed by atoms with Gasteiger partial charge in [0.25, 0.3) is 10.0 Å². The molecule has 2 heterocycles. The minimum Gasteiger partial charge on any atom is -0.392 e. The van der Waals surface area contributed by atoms with Gasteiger partial charge in [0.2, 0.25) is 0 Å². The standard InChI is InChI=1S/C12H21N5O3S/c1-16(2)7-9-6-10(18)8-17(9)21(19,20)12-11(15-13)4-3-5-14-12/h3-5,9-10,15,18H,6-8,13H2,1-2H3. The number of anilines is 1. The maximum absolute atomic E-state index is 12.8. The topological polar surface area (TPSA) is 112 Å². The average Bonchev–Trinajstić information content (AvgIpc) is 2.79. The third-order valence-electron chi connectivity index (χ3n) is 3.40. The van der Waals surface area contributed by atoms with Crippen LogP contribution < -0.4 is 11.3 Å². The number of hydrazine groups is 1. The fraction of sp³-hybridized carbons (Fsp3) is 0.583. The molecule has 0 amide bonds. The van der Waals surface area contributed by atoms with E-state index >= 15 is 0 Å². The molecule has 1 fully saturated rings. The highest BCUT2D eigenvalue weighted by atomic mass is 32.2. The quantitative estimate of drug-likeness (QED) is 0.474. The molecule has 1 aliphatic heterocycles. The number of nitrogen functional groups attached to an aromatic ring is 1. The highest BCUT2D eigenvalue weighted by Gasteiger charge is 2.41. The SMILES string of the molecule is CN(C)CC1CC(O)CN1S(=O)(=O)c1ncccc1NN. The zero-order valence-corrected chi connectivity index (χ0v) is 12.9. The normalized spacial score (nSPS) is 23.7. The summed E-state index contributed by atoms with van der Waals surface area (Å²) in [6.45, 7) is 0.607. The summed E-state index contributed by atoms with van der Waals surface area (Å²) in [4.78, 5) is 5.83. The smallest absolute Gasteiger partial charge is 0.263 e. The molecule has 0 spiro atoms. The van der Waals surface area contributed by atoms with Crippen LogP contribution in [0.15, 0.2) is 23.4 Å². The molecule has 0 bridgehead atoms. The molecular formula is C12H21N5O3S. The number of likely N-dealkylation sites (N-methyl/N-ethyl adjacent to an activating group) is 1. The maximum Gasteiger partial charge on any atom is 0.263 e. The predicted molar refractivity (Wildman–Crippen MR) is 78.9 cm³/mol. The van der Waals surface area contributed by atoms with Crippen molar-refractivity contribution >= 4 is 15.7 Å². The monoisotopic (exact) mass is 315 g/mol. The molecule has 8 nitrogen and oxygen atoms in total. The van der Waals surface area contributed by atoms with Gasteiger partial charge in [0.1, 0.15) is 0 Å². The average molecular weight is 315 g/mol. The number of nitrogens with zero attached hydrogens (tertiary/aromatic N) is 3. The molecule has 4 N–H and O–H groups in total. The van der Waals surface area contributed by atoms with Crippen molar-refractivity contribution < 1.29 is 13.5 Å². The van der Waals surface area contributed by atoms with Crippen molar-refractivity contribution in [3.63, 3.8) is 0 Å². The Morgan fingerprint density at radius 3 is 2.90 bits per heavy atom. The third kappa shape index (κ3) is 3.33. The molecule has 1 aromatic heterocycles. The van der Waals surface area contributed by atoms with Crippen LogP contribution in [-0.2, 0) is 10.0 Å². The van der Waals surface area contributed by atoms with Gasteiger partial charge in [-0.05, 0) is 32.6 Å². The zero-order valence-electron chi connectivity index (χ0n) is 12.1. The van der Waals surface area contributed by atoms with Crippen LogP contribution in [0.25, 0.3) is 0 Å². The lowest BCUT2D eigenvalue weighted by Crippen LogP contribution is -2.42. The third-order valence-corrected chi connectivity index (χ3v) is 5.28. The largest absolute Gasteiger partial charge is 0.392 e. The molecule has 0 aromatic carbocycles. The van der Waals surface area contributed by atoms with Crippen molar-refractivity contribution in [3.8, 4) is 0 Å². The number of sulfonamides is 1. The summed E-state index contributed by atoms with van der Waals surface area (Å²) in [6, 6.07) is 2.87. The summed E-state index contributed by atoms with van der Waals surface area (Å²) in [7, 11) is -0.0877. The first-order chi connectivity index (χ1) is 9.86. The summed E-state index contributed by atoms with van der Waals surface area (Å²) >= 11 is 0. The summed E-state index contributed by atoms with van der Waals surface area (Å²) in [6.07, 6.45) is 1.15. The van der Waals surface area contributed by atoms with E-state index in [1.165, 1.54) is 10.5 Å². The van der Waals surface area contributed by atoms with E-state index in [4.69, 9.17) is 5.84 Å². The van der Waals surface area contributed by atoms with Crippen LogP contribution in [0, 0.1) is 0 Å². The molecular weight excluding hydrogens is 294 g/mol. The van der Waals surface area contributed by atoms with Gasteiger partial charge in [-0.1, -0.05) is 0 Å². The number of pyridine rings is 1. The zero-order chi connectivity index (χ0) is 15.6. The van der Waals surface area contributed by atoms with Crippen LogP contribution in [0.5, 0.6) is 0 Å². The second kappa shape index (κ2) is 6.24. The van der Waals surface area contributed by atoms with Gasteiger partial charge in [0.15, 0.2) is 5.03 Å². The van der Waals surface area contributed by atoms with Gasteiger partial charge in [-0.2, -0.15) is 4.31 Å². The number of aliphatic hydroxyl groups excluding tert-OH is 1. The number of nitrogens with one attached hydrogen (secondary N) is 1. The van der Waals surface area contributed by atoms with Crippen LogP contribution in [0.4, 0.5) is 5.69 Å². The Kier molecular flexibility index (Phi) is 4.79. The maximum atomic E-state index is 12.8. The van der Waals surface area contributed by atoms with E-state index < -0.39 is 16.1 Å². The van der Waals surface area contributed by atoms with Gasteiger partial charge >= 0.3 is 0 Å². The van der Waals surface area contributed by atoms with Crippen molar-refractivity contribution in [1.29, 1.82) is 0 Å². The van der Waals surface area contributed by atoms with Gasteiger partial charge < -0.3 is 15.4 Å². The Labute approximate surface area is 124 Å². The second-order valence-electron chi connectivity index (χ2n) is 5.38. The number of aliphatic hydroxyl groups is 1. The van der Waals surface area contributed by atoms with Crippen molar-refractivity contribution in [2.45, 2.75) is 23.6 Å². The molecule has 1 saturated heterocycles. The molecule has 2 rings (SSSR count). The molecule has 1 aliphatic rings. The van der Waals surface area contributed by atoms with E-state index in [0.717, 1.165) is 0 Å². The molecule has 21 heavy (non-hydrogen) atoms. The fourth-order valence-corrected chi connectivity index (χ4v) is 4.30. The Hall–Kier alpha value is -1.26.